The third-order valence-corrected chi connectivity index (χ3v) is 3.92. The molecule has 0 aliphatic carbocycles. The van der Waals surface area contributed by atoms with Crippen molar-refractivity contribution in [3.63, 3.8) is 0 Å². The lowest BCUT2D eigenvalue weighted by atomic mass is 10.1. The van der Waals surface area contributed by atoms with E-state index in [0.717, 1.165) is 0 Å². The van der Waals surface area contributed by atoms with Crippen molar-refractivity contribution in [2.75, 3.05) is 26.9 Å². The molecular formula is C20H19NO7. The Morgan fingerprint density at radius 2 is 1.79 bits per heavy atom. The molecule has 1 aliphatic heterocycles. The maximum Gasteiger partial charge on any atom is 0.310 e. The number of benzene rings is 2. The summed E-state index contributed by atoms with van der Waals surface area (Å²) >= 11 is 0. The maximum atomic E-state index is 12.1. The molecule has 0 saturated carbocycles. The van der Waals surface area contributed by atoms with Gasteiger partial charge in [-0.05, 0) is 29.8 Å². The molecule has 0 aromatic heterocycles. The molecule has 3 rings (SSSR count). The number of hydrogen-bond acceptors (Lipinski definition) is 7. The van der Waals surface area contributed by atoms with Gasteiger partial charge in [0.15, 0.2) is 18.1 Å². The van der Waals surface area contributed by atoms with Crippen LogP contribution in [0.25, 0.3) is 0 Å². The Morgan fingerprint density at radius 3 is 2.57 bits per heavy atom. The third-order valence-electron chi connectivity index (χ3n) is 3.92. The zero-order valence-corrected chi connectivity index (χ0v) is 15.2. The Morgan fingerprint density at radius 1 is 1.04 bits per heavy atom. The lowest BCUT2D eigenvalue weighted by molar-refractivity contribution is -0.147. The fourth-order valence-electron chi connectivity index (χ4n) is 2.62. The zero-order valence-electron chi connectivity index (χ0n) is 15.2. The van der Waals surface area contributed by atoms with Crippen LogP contribution in [0.1, 0.15) is 15.9 Å². The highest BCUT2D eigenvalue weighted by atomic mass is 16.6. The van der Waals surface area contributed by atoms with Crippen molar-refractivity contribution in [2.24, 2.45) is 0 Å². The van der Waals surface area contributed by atoms with Crippen molar-refractivity contribution in [1.82, 2.24) is 5.32 Å². The lowest BCUT2D eigenvalue weighted by Crippen LogP contribution is -2.34. The monoisotopic (exact) mass is 385 g/mol. The normalized spacial score (nSPS) is 12.0. The summed E-state index contributed by atoms with van der Waals surface area (Å²) < 4.78 is 20.9. The van der Waals surface area contributed by atoms with Gasteiger partial charge in [-0.15, -0.1) is 0 Å². The second-order valence-corrected chi connectivity index (χ2v) is 5.89. The molecular weight excluding hydrogens is 366 g/mol. The summed E-state index contributed by atoms with van der Waals surface area (Å²) in [6.07, 6.45) is -0.0373. The van der Waals surface area contributed by atoms with Gasteiger partial charge in [-0.1, -0.05) is 18.2 Å². The molecule has 146 valence electrons. The first kappa shape index (κ1) is 19.2. The fourth-order valence-corrected chi connectivity index (χ4v) is 2.62. The van der Waals surface area contributed by atoms with E-state index in [1.54, 1.807) is 36.4 Å². The van der Waals surface area contributed by atoms with E-state index < -0.39 is 24.4 Å². The topological polar surface area (TPSA) is 100 Å². The molecule has 8 nitrogen and oxygen atoms in total. The second kappa shape index (κ2) is 8.90. The minimum absolute atomic E-state index is 0.0373. The minimum Gasteiger partial charge on any atom is -0.496 e. The summed E-state index contributed by atoms with van der Waals surface area (Å²) in [5, 5.41) is 2.16. The summed E-state index contributed by atoms with van der Waals surface area (Å²) in [4.78, 5) is 36.0. The Kier molecular flexibility index (Phi) is 6.11. The Hall–Kier alpha value is -3.55. The van der Waals surface area contributed by atoms with Crippen molar-refractivity contribution in [1.29, 1.82) is 0 Å². The molecule has 1 heterocycles. The number of hydrogen-bond donors (Lipinski definition) is 1. The SMILES string of the molecule is COc1ccccc1C(=O)NC(=O)COC(=O)Cc1ccc2c(c1)OCCO2. The first-order chi connectivity index (χ1) is 13.6. The third kappa shape index (κ3) is 4.79. The van der Waals surface area contributed by atoms with E-state index in [0.29, 0.717) is 36.0 Å². The summed E-state index contributed by atoms with van der Waals surface area (Å²) in [5.74, 6) is -0.439. The van der Waals surface area contributed by atoms with E-state index in [-0.39, 0.29) is 12.0 Å². The number of fused-ring (bicyclic) bond motifs is 1. The highest BCUT2D eigenvalue weighted by Crippen LogP contribution is 2.30. The highest BCUT2D eigenvalue weighted by molar-refractivity contribution is 6.06. The van der Waals surface area contributed by atoms with Crippen molar-refractivity contribution in [3.8, 4) is 17.2 Å². The standard InChI is InChI=1S/C20H19NO7/c1-25-15-5-3-2-4-14(15)20(24)21-18(22)12-28-19(23)11-13-6-7-16-17(10-13)27-9-8-26-16/h2-7,10H,8-9,11-12H2,1H3,(H,21,22,24). The molecule has 0 spiro atoms. The number of nitrogens with one attached hydrogen (secondary N) is 1. The van der Waals surface area contributed by atoms with Crippen molar-refractivity contribution >= 4 is 17.8 Å². The molecule has 1 aliphatic rings. The predicted molar refractivity (Wildman–Crippen MR) is 97.6 cm³/mol. The second-order valence-electron chi connectivity index (χ2n) is 5.89. The Bertz CT molecular complexity index is 894. The number of esters is 1. The molecule has 0 unspecified atom stereocenters. The van der Waals surface area contributed by atoms with Gasteiger partial charge in [0.2, 0.25) is 0 Å². The van der Waals surface area contributed by atoms with Crippen LogP contribution in [0.5, 0.6) is 17.2 Å². The highest BCUT2D eigenvalue weighted by Gasteiger charge is 2.17. The van der Waals surface area contributed by atoms with Crippen LogP contribution in [0.4, 0.5) is 0 Å². The van der Waals surface area contributed by atoms with Gasteiger partial charge < -0.3 is 18.9 Å². The van der Waals surface area contributed by atoms with Crippen LogP contribution in [-0.2, 0) is 20.7 Å². The van der Waals surface area contributed by atoms with Crippen LogP contribution in [-0.4, -0.2) is 44.7 Å². The van der Waals surface area contributed by atoms with E-state index in [9.17, 15) is 14.4 Å². The van der Waals surface area contributed by atoms with Crippen LogP contribution in [0.15, 0.2) is 42.5 Å². The van der Waals surface area contributed by atoms with Gasteiger partial charge in [-0.2, -0.15) is 0 Å². The van der Waals surface area contributed by atoms with Crippen LogP contribution in [0.2, 0.25) is 0 Å². The van der Waals surface area contributed by atoms with E-state index in [4.69, 9.17) is 18.9 Å². The molecule has 0 radical (unpaired) electrons. The quantitative estimate of drug-likeness (QED) is 0.752. The Balaban J connectivity index is 1.49. The van der Waals surface area contributed by atoms with Crippen LogP contribution >= 0.6 is 0 Å². The number of carbonyl (C=O) groups is 3. The molecule has 0 bridgehead atoms. The number of methoxy groups -OCH3 is 1. The molecule has 0 atom stereocenters. The summed E-state index contributed by atoms with van der Waals surface area (Å²) in [6, 6.07) is 11.6. The van der Waals surface area contributed by atoms with E-state index >= 15 is 0 Å². The molecule has 28 heavy (non-hydrogen) atoms. The molecule has 2 aromatic rings. The first-order valence-electron chi connectivity index (χ1n) is 8.58. The van der Waals surface area contributed by atoms with E-state index in [1.165, 1.54) is 13.2 Å². The number of rotatable bonds is 6. The fraction of sp³-hybridized carbons (Fsp3) is 0.250. The Labute approximate surface area is 161 Å². The smallest absolute Gasteiger partial charge is 0.310 e. The van der Waals surface area contributed by atoms with Crippen molar-refractivity contribution < 1.29 is 33.3 Å². The number of imide groups is 1. The summed E-state index contributed by atoms with van der Waals surface area (Å²) in [5.41, 5.74) is 0.876. The van der Waals surface area contributed by atoms with Crippen molar-refractivity contribution in [2.45, 2.75) is 6.42 Å². The average molecular weight is 385 g/mol. The van der Waals surface area contributed by atoms with Gasteiger partial charge >= 0.3 is 5.97 Å². The van der Waals surface area contributed by atoms with Gasteiger partial charge in [0.05, 0.1) is 19.1 Å². The maximum absolute atomic E-state index is 12.1. The van der Waals surface area contributed by atoms with Crippen LogP contribution < -0.4 is 19.5 Å². The van der Waals surface area contributed by atoms with Crippen molar-refractivity contribution in [3.05, 3.63) is 53.6 Å². The molecule has 1 N–H and O–H groups in total. The molecule has 2 aromatic carbocycles. The molecule has 8 heteroatoms. The van der Waals surface area contributed by atoms with Gasteiger partial charge in [-0.25, -0.2) is 0 Å². The number of amides is 2. The summed E-state index contributed by atoms with van der Waals surface area (Å²) in [7, 11) is 1.42. The molecule has 0 fully saturated rings. The minimum atomic E-state index is -0.730. The molecule has 2 amide bonds. The predicted octanol–water partition coefficient (Wildman–Crippen LogP) is 1.51. The lowest BCUT2D eigenvalue weighted by Gasteiger charge is -2.18. The number of para-hydroxylation sites is 1. The number of ether oxygens (including phenoxy) is 4. The van der Waals surface area contributed by atoms with Gasteiger partial charge in [0, 0.05) is 0 Å². The van der Waals surface area contributed by atoms with E-state index in [2.05, 4.69) is 5.32 Å². The van der Waals surface area contributed by atoms with Gasteiger partial charge in [0.1, 0.15) is 19.0 Å². The average Bonchev–Trinajstić information content (AvgIpc) is 2.72. The van der Waals surface area contributed by atoms with Gasteiger partial charge in [-0.3, -0.25) is 19.7 Å². The van der Waals surface area contributed by atoms with Gasteiger partial charge in [0.25, 0.3) is 11.8 Å². The zero-order chi connectivity index (χ0) is 19.9. The first-order valence-corrected chi connectivity index (χ1v) is 8.58. The summed E-state index contributed by atoms with van der Waals surface area (Å²) in [6.45, 7) is 0.364. The van der Waals surface area contributed by atoms with Crippen LogP contribution in [0, 0.1) is 0 Å². The molecule has 0 saturated heterocycles. The van der Waals surface area contributed by atoms with E-state index in [1.807, 2.05) is 0 Å². The number of carbonyl (C=O) groups excluding carboxylic acids is 3. The van der Waals surface area contributed by atoms with Crippen LogP contribution in [0.3, 0.4) is 0 Å². The largest absolute Gasteiger partial charge is 0.496 e.